The third kappa shape index (κ3) is 107. The van der Waals surface area contributed by atoms with E-state index in [0.717, 1.165) is 26.7 Å². The quantitative estimate of drug-likeness (QED) is 0.0483. The van der Waals surface area contributed by atoms with Crippen molar-refractivity contribution in [1.29, 1.82) is 5.26 Å². The Morgan fingerprint density at radius 2 is 1.03 bits per heavy atom. The molecule has 0 aromatic carbocycles. The summed E-state index contributed by atoms with van der Waals surface area (Å²) < 4.78 is 37.9. The van der Waals surface area contributed by atoms with Crippen LogP contribution < -0.4 is 0 Å². The van der Waals surface area contributed by atoms with Gasteiger partial charge in [0.05, 0.1) is 58.4 Å². The maximum Gasteiger partial charge on any atom is 0.334 e. The number of ketones is 2. The molecule has 1 heterocycles. The summed E-state index contributed by atoms with van der Waals surface area (Å²) in [6, 6.07) is 1.75. The molecule has 0 radical (unpaired) electrons. The fraction of sp³-hybridized carbons (Fsp3) is 0.854. The van der Waals surface area contributed by atoms with Crippen LogP contribution in [0.5, 0.6) is 0 Å². The second-order valence-electron chi connectivity index (χ2n) is 14.6. The van der Waals surface area contributed by atoms with Crippen molar-refractivity contribution in [3.63, 3.8) is 0 Å². The van der Waals surface area contributed by atoms with Crippen LogP contribution in [0.4, 0.5) is 0 Å². The molecule has 1 aliphatic heterocycles. The Balaban J connectivity index is -0.0000000709. The zero-order chi connectivity index (χ0) is 56.8. The molecule has 0 saturated carbocycles. The first kappa shape index (κ1) is 88.3. The van der Waals surface area contributed by atoms with E-state index < -0.39 is 29.4 Å². The van der Waals surface area contributed by atoms with E-state index in [-0.39, 0.29) is 48.7 Å². The Kier molecular flexibility index (Phi) is 93.8. The summed E-state index contributed by atoms with van der Waals surface area (Å²) in [4.78, 5) is 61.7. The van der Waals surface area contributed by atoms with Gasteiger partial charge in [0.15, 0.2) is 5.41 Å². The van der Waals surface area contributed by atoms with E-state index in [0.29, 0.717) is 58.6 Å². The number of carbonyl (C=O) groups excluding carboxylic acids is 4. The molecule has 0 bridgehead atoms. The Hall–Kier alpha value is -3.69. The predicted molar refractivity (Wildman–Crippen MR) is 266 cm³/mol. The van der Waals surface area contributed by atoms with Gasteiger partial charge in [0, 0.05) is 81.6 Å². The van der Waals surface area contributed by atoms with E-state index in [1.165, 1.54) is 33.6 Å². The smallest absolute Gasteiger partial charge is 0.334 e. The Bertz CT molecular complexity index is 1090. The molecule has 3 atom stereocenters. The number of aliphatic hydroxyl groups excluding tert-OH is 4. The van der Waals surface area contributed by atoms with Crippen LogP contribution in [0.25, 0.3) is 0 Å². The fourth-order valence-corrected chi connectivity index (χ4v) is 3.47. The van der Waals surface area contributed by atoms with Crippen LogP contribution in [0, 0.1) is 22.7 Å². The standard InChI is InChI=1S/C7H12O4.C6H14O3.C6H12O3.C6H12O.C5H10O3.C4H10O2.2C4H8O.C3H8O.C2H3N.CH4O/c1-3-7(4-2,5(8)9)6(10)11;1-7-3-5-9-6-4-8-2;1-5(4-8-3)9-6(2)7;1-5(2)4-6(3)7;1-3-8-5(7)4(2)6;1-4(5)3-6-2;1-2-4-5-3-1;1-3-4(2)5;1-3(2)4;1-2-3;1-2/h3-4H2,1-2H3,(H,8,9)(H,10,11);3-6H2,1-2H3;5H,4H2,1-3H3;5H,4H2,1-3H3;4,6H,3H2,1-2H3;4-5H,3H2,1-2H3;1-4H2;3H2,1-2H3;3-4H,1-2H3;1H3;2H,1H3. The van der Waals surface area contributed by atoms with Gasteiger partial charge >= 0.3 is 23.9 Å². The molecule has 0 spiro atoms. The minimum absolute atomic E-state index is 0.119. The molecule has 1 fully saturated rings. The van der Waals surface area contributed by atoms with Gasteiger partial charge in [-0.3, -0.25) is 14.4 Å². The number of rotatable bonds is 20. The maximum absolute atomic E-state index is 10.5. The molecule has 6 N–H and O–H groups in total. The van der Waals surface area contributed by atoms with E-state index in [9.17, 15) is 28.8 Å². The molecule has 69 heavy (non-hydrogen) atoms. The molecular weight excluding hydrogens is 911 g/mol. The largest absolute Gasteiger partial charge is 0.480 e. The highest BCUT2D eigenvalue weighted by molar-refractivity contribution is 5.98. The number of nitrogens with zero attached hydrogens (tertiary/aromatic N) is 1. The van der Waals surface area contributed by atoms with Crippen LogP contribution in [-0.4, -0.2) is 186 Å². The van der Waals surface area contributed by atoms with Crippen molar-refractivity contribution in [1.82, 2.24) is 0 Å². The lowest BCUT2D eigenvalue weighted by Gasteiger charge is -2.20. The third-order valence-corrected chi connectivity index (χ3v) is 6.71. The number of carboxylic acid groups (broad SMARTS) is 2. The van der Waals surface area contributed by atoms with Gasteiger partial charge in [-0.15, -0.1) is 0 Å². The molecule has 0 amide bonds. The summed E-state index contributed by atoms with van der Waals surface area (Å²) in [6.45, 7) is 30.9. The lowest BCUT2D eigenvalue weighted by Crippen LogP contribution is -2.38. The van der Waals surface area contributed by atoms with E-state index in [2.05, 4.69) is 9.47 Å². The van der Waals surface area contributed by atoms with Gasteiger partial charge in [-0.25, -0.2) is 4.79 Å². The number of ether oxygens (including phenoxy) is 8. The molecule has 418 valence electrons. The van der Waals surface area contributed by atoms with Crippen LogP contribution in [-0.2, 0) is 66.7 Å². The van der Waals surface area contributed by atoms with Gasteiger partial charge in [0.1, 0.15) is 23.8 Å². The number of esters is 2. The Morgan fingerprint density at radius 3 is 1.14 bits per heavy atom. The lowest BCUT2D eigenvalue weighted by atomic mass is 9.83. The van der Waals surface area contributed by atoms with Gasteiger partial charge in [-0.05, 0) is 87.0 Å². The van der Waals surface area contributed by atoms with Gasteiger partial charge in [0.2, 0.25) is 0 Å². The zero-order valence-electron chi connectivity index (χ0n) is 46.3. The molecule has 21 nitrogen and oxygen atoms in total. The van der Waals surface area contributed by atoms with Gasteiger partial charge in [-0.2, -0.15) is 5.26 Å². The first-order chi connectivity index (χ1) is 32.1. The van der Waals surface area contributed by atoms with Crippen LogP contribution in [0.2, 0.25) is 0 Å². The van der Waals surface area contributed by atoms with Gasteiger partial charge in [0.25, 0.3) is 0 Å². The number of methoxy groups -OCH3 is 4. The summed E-state index contributed by atoms with van der Waals surface area (Å²) in [7, 11) is 7.44. The second kappa shape index (κ2) is 73.3. The number of nitriles is 1. The van der Waals surface area contributed by atoms with E-state index in [1.54, 1.807) is 96.8 Å². The molecular formula is C48H101NO20. The number of aliphatic hydroxyl groups is 4. The summed E-state index contributed by atoms with van der Waals surface area (Å²) in [5.74, 6) is -2.27. The highest BCUT2D eigenvalue weighted by Crippen LogP contribution is 2.26. The van der Waals surface area contributed by atoms with E-state index >= 15 is 0 Å². The fourth-order valence-electron chi connectivity index (χ4n) is 3.47. The average molecular weight is 1010 g/mol. The Morgan fingerprint density at radius 1 is 0.667 bits per heavy atom. The first-order valence-electron chi connectivity index (χ1n) is 22.8. The maximum atomic E-state index is 10.5. The summed E-state index contributed by atoms with van der Waals surface area (Å²) in [6.07, 6.45) is 2.57. The monoisotopic (exact) mass is 1010 g/mol. The number of hydrogen-bond donors (Lipinski definition) is 6. The molecule has 1 saturated heterocycles. The topological polar surface area (TPSA) is 321 Å². The average Bonchev–Trinajstić information content (AvgIpc) is 3.84. The summed E-state index contributed by atoms with van der Waals surface area (Å²) >= 11 is 0. The molecule has 21 heteroatoms. The van der Waals surface area contributed by atoms with Crippen molar-refractivity contribution in [3.8, 4) is 6.07 Å². The molecule has 0 aromatic heterocycles. The number of Topliss-reactive ketones (excluding diaryl/α,β-unsaturated/α-hetero) is 2. The first-order valence-corrected chi connectivity index (χ1v) is 22.8. The van der Waals surface area contributed by atoms with Crippen LogP contribution in [0.15, 0.2) is 0 Å². The zero-order valence-corrected chi connectivity index (χ0v) is 46.3. The van der Waals surface area contributed by atoms with E-state index in [4.69, 9.17) is 64.3 Å². The minimum atomic E-state index is -1.58. The summed E-state index contributed by atoms with van der Waals surface area (Å²) in [5.41, 5.74) is -1.58. The van der Waals surface area contributed by atoms with E-state index in [1.807, 2.05) is 20.8 Å². The van der Waals surface area contributed by atoms with Crippen molar-refractivity contribution in [3.05, 3.63) is 0 Å². The van der Waals surface area contributed by atoms with Crippen LogP contribution >= 0.6 is 0 Å². The van der Waals surface area contributed by atoms with Crippen molar-refractivity contribution >= 4 is 35.4 Å². The normalized spacial score (nSPS) is 11.5. The van der Waals surface area contributed by atoms with Crippen molar-refractivity contribution in [2.45, 2.75) is 167 Å². The van der Waals surface area contributed by atoms with Crippen molar-refractivity contribution in [2.24, 2.45) is 11.3 Å². The molecule has 0 aromatic rings. The third-order valence-electron chi connectivity index (χ3n) is 6.71. The van der Waals surface area contributed by atoms with Crippen LogP contribution in [0.3, 0.4) is 0 Å². The predicted octanol–water partition coefficient (Wildman–Crippen LogP) is 5.72. The minimum Gasteiger partial charge on any atom is -0.480 e. The highest BCUT2D eigenvalue weighted by Gasteiger charge is 2.42. The van der Waals surface area contributed by atoms with Gasteiger partial charge < -0.3 is 78.1 Å². The lowest BCUT2D eigenvalue weighted by molar-refractivity contribution is -0.165. The molecule has 0 aliphatic carbocycles. The van der Waals surface area contributed by atoms with Gasteiger partial charge in [-0.1, -0.05) is 34.6 Å². The molecule has 1 rings (SSSR count). The van der Waals surface area contributed by atoms with Crippen LogP contribution in [0.1, 0.15) is 142 Å². The highest BCUT2D eigenvalue weighted by atomic mass is 16.6. The molecule has 1 aliphatic rings. The number of aliphatic carboxylic acids is 2. The van der Waals surface area contributed by atoms with Crippen molar-refractivity contribution in [2.75, 3.05) is 95.0 Å². The molecule has 3 unspecified atom stereocenters. The number of carbonyl (C=O) groups is 6. The SMILES string of the molecule is C1CCOC1.CC#N.CC(=O)CC(C)C.CC(C)O.CCC(C)=O.CCC(CC)(C(=O)O)C(=O)O.CCOC(=O)C(C)O.CO.COCC(C)O.COCC(C)OC(C)=O.COCCOCCOC. The second-order valence-corrected chi connectivity index (χ2v) is 14.6. The number of carboxylic acids is 2. The summed E-state index contributed by atoms with van der Waals surface area (Å²) in [5, 5.41) is 56.5. The Labute approximate surface area is 416 Å². The number of hydrogen-bond acceptors (Lipinski definition) is 19. The van der Waals surface area contributed by atoms with Crippen molar-refractivity contribution < 1.29 is 97.3 Å².